The van der Waals surface area contributed by atoms with Gasteiger partial charge in [-0.15, -0.1) is 12.4 Å². The Labute approximate surface area is 153 Å². The summed E-state index contributed by atoms with van der Waals surface area (Å²) in [7, 11) is 0. The van der Waals surface area contributed by atoms with Gasteiger partial charge in [0.25, 0.3) is 0 Å². The Balaban J connectivity index is 0.00000208. The summed E-state index contributed by atoms with van der Waals surface area (Å²) < 4.78 is 0. The van der Waals surface area contributed by atoms with Crippen LogP contribution in [0, 0.1) is 19.8 Å². The first-order chi connectivity index (χ1) is 11.2. The van der Waals surface area contributed by atoms with Crippen molar-refractivity contribution in [2.75, 3.05) is 19.6 Å². The maximum atomic E-state index is 2.58. The van der Waals surface area contributed by atoms with Crippen LogP contribution in [-0.2, 0) is 0 Å². The first-order valence-electron chi connectivity index (χ1n) is 9.03. The molecule has 1 saturated heterocycles. The van der Waals surface area contributed by atoms with E-state index in [2.05, 4.69) is 74.2 Å². The van der Waals surface area contributed by atoms with E-state index in [1.54, 1.807) is 0 Å². The zero-order chi connectivity index (χ0) is 16.2. The zero-order valence-electron chi connectivity index (χ0n) is 15.2. The number of aryl methyl sites for hydroxylation is 2. The maximum Gasteiger partial charge on any atom is 0.0119 e. The van der Waals surface area contributed by atoms with E-state index in [1.165, 1.54) is 54.7 Å². The van der Waals surface area contributed by atoms with E-state index >= 15 is 0 Å². The van der Waals surface area contributed by atoms with Crippen molar-refractivity contribution in [3.05, 3.63) is 70.8 Å². The number of halogens is 1. The molecule has 24 heavy (non-hydrogen) atoms. The molecule has 1 heterocycles. The maximum absolute atomic E-state index is 2.58. The summed E-state index contributed by atoms with van der Waals surface area (Å²) >= 11 is 0. The Hall–Kier alpha value is -1.31. The highest BCUT2D eigenvalue weighted by atomic mass is 35.5. The lowest BCUT2D eigenvalue weighted by molar-refractivity contribution is 0.182. The van der Waals surface area contributed by atoms with Crippen molar-refractivity contribution in [3.63, 3.8) is 0 Å². The van der Waals surface area contributed by atoms with Crippen LogP contribution in [0.25, 0.3) is 0 Å². The van der Waals surface area contributed by atoms with E-state index < -0.39 is 0 Å². The van der Waals surface area contributed by atoms with Crippen molar-refractivity contribution >= 4 is 12.4 Å². The monoisotopic (exact) mass is 343 g/mol. The van der Waals surface area contributed by atoms with Gasteiger partial charge in [-0.3, -0.25) is 0 Å². The van der Waals surface area contributed by atoms with Gasteiger partial charge < -0.3 is 4.90 Å². The number of hydrogen-bond donors (Lipinski definition) is 0. The largest absolute Gasteiger partial charge is 0.304 e. The average Bonchev–Trinajstić information content (AvgIpc) is 2.58. The summed E-state index contributed by atoms with van der Waals surface area (Å²) in [5.74, 6) is 1.29. The molecule has 2 aromatic carbocycles. The molecule has 0 N–H and O–H groups in total. The fraction of sp³-hybridized carbons (Fsp3) is 0.455. The van der Waals surface area contributed by atoms with Gasteiger partial charge in [-0.1, -0.05) is 66.6 Å². The second kappa shape index (κ2) is 8.69. The minimum Gasteiger partial charge on any atom is -0.304 e. The summed E-state index contributed by atoms with van der Waals surface area (Å²) in [4.78, 5) is 2.58. The summed E-state index contributed by atoms with van der Waals surface area (Å²) in [5.41, 5.74) is 5.68. The molecule has 130 valence electrons. The van der Waals surface area contributed by atoms with Gasteiger partial charge in [-0.2, -0.15) is 0 Å². The third-order valence-corrected chi connectivity index (χ3v) is 5.39. The van der Waals surface area contributed by atoms with Gasteiger partial charge in [0, 0.05) is 5.92 Å². The molecule has 1 fully saturated rings. The third kappa shape index (κ3) is 4.40. The molecule has 2 aromatic rings. The SMILES string of the molecule is CCN1CCC(C(c2ccc(C)cc2)c2cccc(C)c2)CC1.Cl. The first-order valence-corrected chi connectivity index (χ1v) is 9.03. The highest BCUT2D eigenvalue weighted by molar-refractivity contribution is 5.85. The number of nitrogens with zero attached hydrogens (tertiary/aromatic N) is 1. The Morgan fingerprint density at radius 3 is 2.17 bits per heavy atom. The summed E-state index contributed by atoms with van der Waals surface area (Å²) in [6, 6.07) is 18.3. The van der Waals surface area contributed by atoms with Crippen LogP contribution in [0.3, 0.4) is 0 Å². The Morgan fingerprint density at radius 1 is 0.917 bits per heavy atom. The lowest BCUT2D eigenvalue weighted by Gasteiger charge is -2.36. The molecule has 2 heteroatoms. The summed E-state index contributed by atoms with van der Waals surface area (Å²) in [5, 5.41) is 0. The van der Waals surface area contributed by atoms with Crippen molar-refractivity contribution in [3.8, 4) is 0 Å². The van der Waals surface area contributed by atoms with Crippen molar-refractivity contribution < 1.29 is 0 Å². The first kappa shape index (κ1) is 19.0. The minimum atomic E-state index is 0. The Kier molecular flexibility index (Phi) is 6.89. The van der Waals surface area contributed by atoms with Gasteiger partial charge >= 0.3 is 0 Å². The second-order valence-corrected chi connectivity index (χ2v) is 7.07. The van der Waals surface area contributed by atoms with Gasteiger partial charge in [-0.25, -0.2) is 0 Å². The standard InChI is InChI=1S/C22H29N.ClH/c1-4-23-14-12-20(13-15-23)22(19-10-8-17(2)9-11-19)21-7-5-6-18(3)16-21;/h5-11,16,20,22H,4,12-15H2,1-3H3;1H. The van der Waals surface area contributed by atoms with E-state index in [0.29, 0.717) is 5.92 Å². The highest BCUT2D eigenvalue weighted by Gasteiger charge is 2.28. The van der Waals surface area contributed by atoms with Crippen LogP contribution in [0.2, 0.25) is 0 Å². The molecular formula is C22H30ClN. The molecule has 1 aliphatic rings. The van der Waals surface area contributed by atoms with E-state index in [-0.39, 0.29) is 12.4 Å². The molecule has 0 bridgehead atoms. The van der Waals surface area contributed by atoms with Crippen molar-refractivity contribution in [1.29, 1.82) is 0 Å². The molecule has 0 aliphatic carbocycles. The van der Waals surface area contributed by atoms with Crippen LogP contribution >= 0.6 is 12.4 Å². The number of benzene rings is 2. The highest BCUT2D eigenvalue weighted by Crippen LogP contribution is 2.38. The van der Waals surface area contributed by atoms with Crippen LogP contribution < -0.4 is 0 Å². The topological polar surface area (TPSA) is 3.24 Å². The normalized spacial score (nSPS) is 17.3. The third-order valence-electron chi connectivity index (χ3n) is 5.39. The molecule has 0 radical (unpaired) electrons. The predicted molar refractivity (Wildman–Crippen MR) is 106 cm³/mol. The fourth-order valence-electron chi connectivity index (χ4n) is 3.98. The quantitative estimate of drug-likeness (QED) is 0.699. The van der Waals surface area contributed by atoms with Crippen LogP contribution in [0.4, 0.5) is 0 Å². The Morgan fingerprint density at radius 2 is 1.58 bits per heavy atom. The molecule has 0 saturated carbocycles. The Bertz CT molecular complexity index is 627. The van der Waals surface area contributed by atoms with Crippen LogP contribution in [0.15, 0.2) is 48.5 Å². The molecule has 3 rings (SSSR count). The summed E-state index contributed by atoms with van der Waals surface area (Å²) in [6.07, 6.45) is 2.61. The van der Waals surface area contributed by atoms with E-state index in [0.717, 1.165) is 5.92 Å². The number of likely N-dealkylation sites (tertiary alicyclic amines) is 1. The van der Waals surface area contributed by atoms with Gasteiger partial charge in [0.05, 0.1) is 0 Å². The second-order valence-electron chi connectivity index (χ2n) is 7.07. The van der Waals surface area contributed by atoms with Gasteiger partial charge in [0.2, 0.25) is 0 Å². The average molecular weight is 344 g/mol. The van der Waals surface area contributed by atoms with E-state index in [4.69, 9.17) is 0 Å². The molecular weight excluding hydrogens is 314 g/mol. The molecule has 1 aliphatic heterocycles. The van der Waals surface area contributed by atoms with Gasteiger partial charge in [-0.05, 0) is 63.4 Å². The predicted octanol–water partition coefficient (Wildman–Crippen LogP) is 5.59. The van der Waals surface area contributed by atoms with Crippen LogP contribution in [-0.4, -0.2) is 24.5 Å². The van der Waals surface area contributed by atoms with Crippen molar-refractivity contribution in [1.82, 2.24) is 4.90 Å². The number of piperidine rings is 1. The smallest absolute Gasteiger partial charge is 0.0119 e. The van der Waals surface area contributed by atoms with Gasteiger partial charge in [0.15, 0.2) is 0 Å². The molecule has 1 nitrogen and oxygen atoms in total. The lowest BCUT2D eigenvalue weighted by Crippen LogP contribution is -2.35. The van der Waals surface area contributed by atoms with E-state index in [9.17, 15) is 0 Å². The van der Waals surface area contributed by atoms with E-state index in [1.807, 2.05) is 0 Å². The molecule has 1 unspecified atom stereocenters. The number of rotatable bonds is 4. The zero-order valence-corrected chi connectivity index (χ0v) is 16.0. The fourth-order valence-corrected chi connectivity index (χ4v) is 3.98. The summed E-state index contributed by atoms with van der Waals surface area (Å²) in [6.45, 7) is 10.3. The molecule has 0 amide bonds. The minimum absolute atomic E-state index is 0. The van der Waals surface area contributed by atoms with Crippen LogP contribution in [0.1, 0.15) is 47.9 Å². The van der Waals surface area contributed by atoms with Crippen molar-refractivity contribution in [2.45, 2.75) is 39.5 Å². The van der Waals surface area contributed by atoms with Crippen molar-refractivity contribution in [2.24, 2.45) is 5.92 Å². The number of hydrogen-bond acceptors (Lipinski definition) is 1. The lowest BCUT2D eigenvalue weighted by atomic mass is 9.75. The molecule has 1 atom stereocenters. The van der Waals surface area contributed by atoms with Crippen LogP contribution in [0.5, 0.6) is 0 Å². The molecule has 0 spiro atoms. The van der Waals surface area contributed by atoms with Gasteiger partial charge in [0.1, 0.15) is 0 Å². The molecule has 0 aromatic heterocycles.